The quantitative estimate of drug-likeness (QED) is 0.0788. The summed E-state index contributed by atoms with van der Waals surface area (Å²) in [6.07, 6.45) is -1.34. The molecule has 16 heteroatoms. The van der Waals surface area contributed by atoms with Crippen molar-refractivity contribution in [2.75, 3.05) is 26.9 Å². The van der Waals surface area contributed by atoms with E-state index in [0.717, 1.165) is 16.5 Å². The SMILES string of the molecule is CCc1c2c(nc3ccc(O)cc13)-c1cc3c(c(=O)n1C2)COC(=O)[C@@]3(CC)OC(=O)[C@H](C)NC(=O)CCNC(=O)OCC(OC)OC(CC)CO. The highest BCUT2D eigenvalue weighted by atomic mass is 16.7. The number of phenolic OH excluding ortho intramolecular Hbond substituents is 1. The standard InChI is InChI=1S/C36H44N4O12/c1-6-21(16-41)51-30(48-5)18-50-35(47)37-12-11-29(43)38-19(4)33(45)52-36(8-3)26-14-28-31-24(15-40(28)32(44)25(26)17-49-34(36)46)22(7-2)23-13-20(42)9-10-27(23)39-31/h9-10,13-14,19,21,30,41-42H,6-8,11-12,15-18H2,1-5H3,(H,37,47)(H,38,43)/t19-,21?,30?,36-/m0/s1. The summed E-state index contributed by atoms with van der Waals surface area (Å²) in [5, 5.41) is 25.1. The van der Waals surface area contributed by atoms with Crippen LogP contribution in [-0.4, -0.2) is 89.0 Å². The molecule has 1 aromatic carbocycles. The molecular formula is C36H44N4O12. The predicted molar refractivity (Wildman–Crippen MR) is 184 cm³/mol. The lowest BCUT2D eigenvalue weighted by Gasteiger charge is -2.36. The molecule has 0 spiro atoms. The number of rotatable bonds is 15. The van der Waals surface area contributed by atoms with Crippen molar-refractivity contribution in [2.24, 2.45) is 0 Å². The minimum absolute atomic E-state index is 0.0638. The zero-order valence-corrected chi connectivity index (χ0v) is 29.8. The van der Waals surface area contributed by atoms with E-state index in [9.17, 15) is 34.2 Å². The molecule has 4 atom stereocenters. The molecule has 2 aliphatic heterocycles. The first kappa shape index (κ1) is 38.2. The summed E-state index contributed by atoms with van der Waals surface area (Å²) in [6, 6.07) is 5.33. The number of carbonyl (C=O) groups excluding carboxylic acids is 4. The number of benzene rings is 1. The Morgan fingerprint density at radius 3 is 2.58 bits per heavy atom. The topological polar surface area (TPSA) is 214 Å². The Bertz CT molecular complexity index is 1920. The Morgan fingerprint density at radius 1 is 1.13 bits per heavy atom. The molecule has 0 radical (unpaired) electrons. The van der Waals surface area contributed by atoms with E-state index >= 15 is 0 Å². The lowest BCUT2D eigenvalue weighted by Crippen LogP contribution is -2.50. The van der Waals surface area contributed by atoms with E-state index in [1.165, 1.54) is 20.1 Å². The fraction of sp³-hybridized carbons (Fsp3) is 0.500. The van der Waals surface area contributed by atoms with Crippen LogP contribution in [0.2, 0.25) is 0 Å². The number of esters is 2. The van der Waals surface area contributed by atoms with Gasteiger partial charge >= 0.3 is 18.0 Å². The van der Waals surface area contributed by atoms with Gasteiger partial charge in [-0.15, -0.1) is 0 Å². The van der Waals surface area contributed by atoms with Crippen LogP contribution in [-0.2, 0) is 63.2 Å². The minimum atomic E-state index is -1.97. The molecule has 4 N–H and O–H groups in total. The van der Waals surface area contributed by atoms with Crippen LogP contribution in [0.3, 0.4) is 0 Å². The predicted octanol–water partition coefficient (Wildman–Crippen LogP) is 2.28. The summed E-state index contributed by atoms with van der Waals surface area (Å²) in [5.41, 5.74) is 1.38. The molecule has 0 bridgehead atoms. The number of nitrogens with zero attached hydrogens (tertiary/aromatic N) is 2. The lowest BCUT2D eigenvalue weighted by atomic mass is 9.85. The first-order valence-corrected chi connectivity index (χ1v) is 17.2. The number of fused-ring (bicyclic) bond motifs is 5. The number of aliphatic hydroxyl groups excluding tert-OH is 1. The van der Waals surface area contributed by atoms with E-state index in [1.807, 2.05) is 13.8 Å². The van der Waals surface area contributed by atoms with Gasteiger partial charge in [0.1, 0.15) is 25.0 Å². The van der Waals surface area contributed by atoms with Crippen molar-refractivity contribution >= 4 is 34.8 Å². The summed E-state index contributed by atoms with van der Waals surface area (Å²) < 4.78 is 28.5. The first-order chi connectivity index (χ1) is 24.9. The van der Waals surface area contributed by atoms with Crippen molar-refractivity contribution in [3.8, 4) is 17.1 Å². The van der Waals surface area contributed by atoms with Gasteiger partial charge in [0.2, 0.25) is 11.5 Å². The van der Waals surface area contributed by atoms with Crippen molar-refractivity contribution < 1.29 is 53.1 Å². The number of hydrogen-bond donors (Lipinski definition) is 4. The molecule has 280 valence electrons. The largest absolute Gasteiger partial charge is 0.508 e. The number of carbonyl (C=O) groups is 4. The van der Waals surface area contributed by atoms with Gasteiger partial charge in [0.15, 0.2) is 6.29 Å². The van der Waals surface area contributed by atoms with Gasteiger partial charge < -0.3 is 49.1 Å². The molecule has 0 saturated carbocycles. The number of aryl methyl sites for hydroxylation is 1. The summed E-state index contributed by atoms with van der Waals surface area (Å²) in [6.45, 7) is 6.13. The molecule has 2 unspecified atom stereocenters. The monoisotopic (exact) mass is 724 g/mol. The number of aromatic hydroxyl groups is 1. The van der Waals surface area contributed by atoms with Gasteiger partial charge in [-0.05, 0) is 56.0 Å². The van der Waals surface area contributed by atoms with E-state index in [0.29, 0.717) is 29.7 Å². The van der Waals surface area contributed by atoms with Gasteiger partial charge in [-0.2, -0.15) is 0 Å². The number of phenols is 1. The Kier molecular flexibility index (Phi) is 11.8. The molecule has 2 aliphatic rings. The molecule has 0 fully saturated rings. The average molecular weight is 725 g/mol. The van der Waals surface area contributed by atoms with Gasteiger partial charge in [-0.3, -0.25) is 9.59 Å². The van der Waals surface area contributed by atoms with Gasteiger partial charge in [0, 0.05) is 36.6 Å². The number of alkyl carbamates (subject to hydrolysis) is 1. The second-order valence-corrected chi connectivity index (χ2v) is 12.5. The third kappa shape index (κ3) is 7.45. The van der Waals surface area contributed by atoms with E-state index in [-0.39, 0.29) is 62.6 Å². The van der Waals surface area contributed by atoms with Crippen LogP contribution in [0.1, 0.15) is 69.2 Å². The van der Waals surface area contributed by atoms with Crippen LogP contribution < -0.4 is 16.2 Å². The molecule has 4 heterocycles. The summed E-state index contributed by atoms with van der Waals surface area (Å²) in [5.74, 6) is -2.29. The van der Waals surface area contributed by atoms with E-state index in [1.54, 1.807) is 29.7 Å². The van der Waals surface area contributed by atoms with Crippen molar-refractivity contribution in [1.82, 2.24) is 20.2 Å². The minimum Gasteiger partial charge on any atom is -0.508 e. The van der Waals surface area contributed by atoms with Gasteiger partial charge in [0.05, 0.1) is 41.7 Å². The maximum atomic E-state index is 13.9. The van der Waals surface area contributed by atoms with Crippen molar-refractivity contribution in [3.63, 3.8) is 0 Å². The summed E-state index contributed by atoms with van der Waals surface area (Å²) >= 11 is 0. The van der Waals surface area contributed by atoms with Crippen LogP contribution in [0.5, 0.6) is 5.75 Å². The molecule has 5 rings (SSSR count). The first-order valence-electron chi connectivity index (χ1n) is 17.2. The number of cyclic esters (lactones) is 1. The molecule has 0 aliphatic carbocycles. The highest BCUT2D eigenvalue weighted by Gasteiger charge is 2.51. The number of nitrogens with one attached hydrogen (secondary N) is 2. The number of ether oxygens (including phenoxy) is 5. The van der Waals surface area contributed by atoms with Crippen molar-refractivity contribution in [1.29, 1.82) is 0 Å². The van der Waals surface area contributed by atoms with Gasteiger partial charge in [-0.1, -0.05) is 20.8 Å². The fourth-order valence-corrected chi connectivity index (χ4v) is 6.46. The Balaban J connectivity index is 1.27. The second kappa shape index (κ2) is 16.1. The second-order valence-electron chi connectivity index (χ2n) is 12.5. The lowest BCUT2D eigenvalue weighted by molar-refractivity contribution is -0.190. The maximum absolute atomic E-state index is 13.9. The highest BCUT2D eigenvalue weighted by Crippen LogP contribution is 2.42. The number of aromatic nitrogens is 2. The van der Waals surface area contributed by atoms with Crippen LogP contribution in [0.15, 0.2) is 29.1 Å². The van der Waals surface area contributed by atoms with E-state index in [4.69, 9.17) is 28.7 Å². The number of amides is 2. The van der Waals surface area contributed by atoms with E-state index in [2.05, 4.69) is 10.6 Å². The van der Waals surface area contributed by atoms with Crippen LogP contribution in [0, 0.1) is 0 Å². The number of pyridine rings is 2. The molecule has 2 aromatic heterocycles. The Labute approximate surface area is 299 Å². The third-order valence-electron chi connectivity index (χ3n) is 9.35. The average Bonchev–Trinajstić information content (AvgIpc) is 3.50. The molecule has 16 nitrogen and oxygen atoms in total. The molecular weight excluding hydrogens is 680 g/mol. The number of methoxy groups -OCH3 is 1. The molecule has 3 aromatic rings. The summed E-state index contributed by atoms with van der Waals surface area (Å²) in [4.78, 5) is 70.4. The highest BCUT2D eigenvalue weighted by molar-refractivity contribution is 5.91. The molecule has 0 saturated heterocycles. The number of hydrogen-bond acceptors (Lipinski definition) is 13. The molecule has 52 heavy (non-hydrogen) atoms. The van der Waals surface area contributed by atoms with Crippen LogP contribution in [0.25, 0.3) is 22.3 Å². The van der Waals surface area contributed by atoms with Crippen LogP contribution in [0.4, 0.5) is 4.79 Å². The Hall–Kier alpha value is -5.06. The fourth-order valence-electron chi connectivity index (χ4n) is 6.46. The summed E-state index contributed by atoms with van der Waals surface area (Å²) in [7, 11) is 1.37. The smallest absolute Gasteiger partial charge is 0.407 e. The van der Waals surface area contributed by atoms with Crippen molar-refractivity contribution in [3.05, 3.63) is 56.9 Å². The third-order valence-corrected chi connectivity index (χ3v) is 9.35. The maximum Gasteiger partial charge on any atom is 0.407 e. The van der Waals surface area contributed by atoms with Crippen molar-refractivity contribution in [2.45, 2.75) is 90.6 Å². The zero-order valence-electron chi connectivity index (χ0n) is 29.8. The Morgan fingerprint density at radius 2 is 1.90 bits per heavy atom. The van der Waals surface area contributed by atoms with Gasteiger partial charge in [0.25, 0.3) is 5.56 Å². The molecule has 2 amide bonds. The van der Waals surface area contributed by atoms with E-state index < -0.39 is 53.5 Å². The zero-order chi connectivity index (χ0) is 37.7. The number of aliphatic hydroxyl groups is 1. The van der Waals surface area contributed by atoms with Gasteiger partial charge in [-0.25, -0.2) is 19.4 Å². The van der Waals surface area contributed by atoms with Crippen LogP contribution >= 0.6 is 0 Å². The normalized spacial score (nSPS) is 17.6.